The lowest BCUT2D eigenvalue weighted by atomic mass is 10.0. The van der Waals surface area contributed by atoms with Crippen molar-refractivity contribution in [1.29, 1.82) is 0 Å². The van der Waals surface area contributed by atoms with Crippen LogP contribution in [0.15, 0.2) is 77.3 Å². The van der Waals surface area contributed by atoms with E-state index in [2.05, 4.69) is 21.2 Å². The SMILES string of the molecule is CC(C)CNC(=O)[C@@H](Cc1ccccc1)N(Cc1ccc(Cl)c(Cl)c1)C(=O)CSCc1ccc(Br)cc1. The van der Waals surface area contributed by atoms with Crippen molar-refractivity contribution in [2.75, 3.05) is 12.3 Å². The van der Waals surface area contributed by atoms with Gasteiger partial charge >= 0.3 is 0 Å². The number of amides is 2. The van der Waals surface area contributed by atoms with Gasteiger partial charge in [-0.25, -0.2) is 0 Å². The summed E-state index contributed by atoms with van der Waals surface area (Å²) in [5, 5.41) is 3.90. The van der Waals surface area contributed by atoms with Gasteiger partial charge in [0.25, 0.3) is 0 Å². The van der Waals surface area contributed by atoms with E-state index in [0.29, 0.717) is 34.7 Å². The first kappa shape index (κ1) is 29.6. The smallest absolute Gasteiger partial charge is 0.243 e. The van der Waals surface area contributed by atoms with E-state index in [9.17, 15) is 9.59 Å². The molecule has 3 aromatic carbocycles. The monoisotopic (exact) mass is 620 g/mol. The number of rotatable bonds is 12. The number of hydrogen-bond donors (Lipinski definition) is 1. The number of carbonyl (C=O) groups is 2. The van der Waals surface area contributed by atoms with Crippen molar-refractivity contribution in [2.24, 2.45) is 5.92 Å². The Morgan fingerprint density at radius 1 is 0.919 bits per heavy atom. The van der Waals surface area contributed by atoms with Gasteiger partial charge in [0, 0.05) is 29.7 Å². The zero-order valence-corrected chi connectivity index (χ0v) is 24.8. The lowest BCUT2D eigenvalue weighted by Crippen LogP contribution is -2.51. The first-order valence-electron chi connectivity index (χ1n) is 12.1. The standard InChI is InChI=1S/C29H31BrCl2N2O2S/c1-20(2)16-33-29(36)27(15-21-6-4-3-5-7-21)34(17-23-10-13-25(31)26(32)14-23)28(35)19-37-18-22-8-11-24(30)12-9-22/h3-14,20,27H,15-19H2,1-2H3,(H,33,36)/t27-/m1/s1. The summed E-state index contributed by atoms with van der Waals surface area (Å²) < 4.78 is 1.02. The van der Waals surface area contributed by atoms with Crippen LogP contribution in [-0.4, -0.2) is 35.1 Å². The van der Waals surface area contributed by atoms with Crippen molar-refractivity contribution in [2.45, 2.75) is 38.6 Å². The van der Waals surface area contributed by atoms with Gasteiger partial charge in [-0.2, -0.15) is 0 Å². The van der Waals surface area contributed by atoms with E-state index < -0.39 is 6.04 Å². The van der Waals surface area contributed by atoms with Crippen LogP contribution in [0.25, 0.3) is 0 Å². The molecular formula is C29H31BrCl2N2O2S. The fourth-order valence-corrected chi connectivity index (χ4v) is 5.19. The second kappa shape index (κ2) is 14.8. The van der Waals surface area contributed by atoms with Gasteiger partial charge in [-0.05, 0) is 46.9 Å². The molecule has 4 nitrogen and oxygen atoms in total. The molecule has 0 saturated heterocycles. The third kappa shape index (κ3) is 9.68. The summed E-state index contributed by atoms with van der Waals surface area (Å²) in [5.74, 6) is 0.975. The van der Waals surface area contributed by atoms with Crippen LogP contribution in [0.1, 0.15) is 30.5 Å². The molecule has 1 N–H and O–H groups in total. The van der Waals surface area contributed by atoms with Crippen molar-refractivity contribution < 1.29 is 9.59 Å². The molecule has 2 amide bonds. The van der Waals surface area contributed by atoms with E-state index in [1.165, 1.54) is 11.8 Å². The van der Waals surface area contributed by atoms with Gasteiger partial charge in [0.1, 0.15) is 6.04 Å². The number of hydrogen-bond acceptors (Lipinski definition) is 3. The van der Waals surface area contributed by atoms with Gasteiger partial charge in [0.2, 0.25) is 11.8 Å². The van der Waals surface area contributed by atoms with Crippen molar-refractivity contribution in [1.82, 2.24) is 10.2 Å². The molecule has 196 valence electrons. The van der Waals surface area contributed by atoms with Gasteiger partial charge < -0.3 is 10.2 Å². The molecule has 0 fully saturated rings. The van der Waals surface area contributed by atoms with Gasteiger partial charge in [-0.1, -0.05) is 102 Å². The van der Waals surface area contributed by atoms with E-state index in [0.717, 1.165) is 21.2 Å². The molecule has 3 rings (SSSR count). The first-order valence-corrected chi connectivity index (χ1v) is 14.8. The summed E-state index contributed by atoms with van der Waals surface area (Å²) >= 11 is 17.4. The highest BCUT2D eigenvalue weighted by molar-refractivity contribution is 9.10. The molecule has 0 unspecified atom stereocenters. The van der Waals surface area contributed by atoms with Crippen LogP contribution in [0.5, 0.6) is 0 Å². The Bertz CT molecular complexity index is 1180. The molecule has 0 radical (unpaired) electrons. The van der Waals surface area contributed by atoms with E-state index in [1.807, 2.05) is 74.5 Å². The molecule has 3 aromatic rings. The average molecular weight is 622 g/mol. The summed E-state index contributed by atoms with van der Waals surface area (Å²) in [5.41, 5.74) is 2.93. The largest absolute Gasteiger partial charge is 0.354 e. The number of nitrogens with zero attached hydrogens (tertiary/aromatic N) is 1. The Kier molecular flexibility index (Phi) is 11.8. The lowest BCUT2D eigenvalue weighted by molar-refractivity contribution is -0.139. The van der Waals surface area contributed by atoms with Crippen molar-refractivity contribution in [3.63, 3.8) is 0 Å². The van der Waals surface area contributed by atoms with Crippen LogP contribution in [0.4, 0.5) is 0 Å². The highest BCUT2D eigenvalue weighted by Crippen LogP contribution is 2.25. The van der Waals surface area contributed by atoms with Gasteiger partial charge in [0.05, 0.1) is 15.8 Å². The van der Waals surface area contributed by atoms with Crippen molar-refractivity contribution in [3.8, 4) is 0 Å². The Hall–Kier alpha value is -1.99. The lowest BCUT2D eigenvalue weighted by Gasteiger charge is -2.32. The van der Waals surface area contributed by atoms with E-state index in [1.54, 1.807) is 17.0 Å². The summed E-state index contributed by atoms with van der Waals surface area (Å²) in [6, 6.07) is 22.5. The number of carbonyl (C=O) groups excluding carboxylic acids is 2. The Balaban J connectivity index is 1.86. The Morgan fingerprint density at radius 2 is 1.59 bits per heavy atom. The van der Waals surface area contributed by atoms with Crippen LogP contribution in [-0.2, 0) is 28.3 Å². The quantitative estimate of drug-likeness (QED) is 0.229. The number of halogens is 3. The molecule has 0 bridgehead atoms. The molecular weight excluding hydrogens is 591 g/mol. The summed E-state index contributed by atoms with van der Waals surface area (Å²) in [6.45, 7) is 4.88. The third-order valence-corrected chi connectivity index (χ3v) is 7.96. The summed E-state index contributed by atoms with van der Waals surface area (Å²) in [6.07, 6.45) is 0.412. The molecule has 0 saturated carbocycles. The normalized spacial score (nSPS) is 11.8. The number of benzene rings is 3. The molecule has 0 aromatic heterocycles. The fourth-order valence-electron chi connectivity index (χ4n) is 3.73. The zero-order valence-electron chi connectivity index (χ0n) is 20.9. The molecule has 37 heavy (non-hydrogen) atoms. The third-order valence-electron chi connectivity index (χ3n) is 5.70. The van der Waals surface area contributed by atoms with Crippen LogP contribution >= 0.6 is 50.9 Å². The number of nitrogens with one attached hydrogen (secondary N) is 1. The Morgan fingerprint density at radius 3 is 2.24 bits per heavy atom. The molecule has 0 heterocycles. The van der Waals surface area contributed by atoms with Gasteiger partial charge in [-0.3, -0.25) is 9.59 Å². The average Bonchev–Trinajstić information content (AvgIpc) is 2.88. The van der Waals surface area contributed by atoms with Crippen LogP contribution < -0.4 is 5.32 Å². The first-order chi connectivity index (χ1) is 17.7. The number of thioether (sulfide) groups is 1. The molecule has 0 aliphatic carbocycles. The predicted octanol–water partition coefficient (Wildman–Crippen LogP) is 7.40. The maximum Gasteiger partial charge on any atom is 0.243 e. The van der Waals surface area contributed by atoms with E-state index in [4.69, 9.17) is 23.2 Å². The van der Waals surface area contributed by atoms with E-state index in [-0.39, 0.29) is 24.1 Å². The van der Waals surface area contributed by atoms with Crippen molar-refractivity contribution in [3.05, 3.63) is 104 Å². The zero-order chi connectivity index (χ0) is 26.8. The molecule has 0 aliphatic heterocycles. The molecule has 0 spiro atoms. The molecule has 1 atom stereocenters. The summed E-state index contributed by atoms with van der Waals surface area (Å²) in [7, 11) is 0. The molecule has 0 aliphatic rings. The minimum Gasteiger partial charge on any atom is -0.354 e. The minimum atomic E-state index is -0.670. The summed E-state index contributed by atoms with van der Waals surface area (Å²) in [4.78, 5) is 28.8. The second-order valence-electron chi connectivity index (χ2n) is 9.23. The Labute approximate surface area is 242 Å². The maximum absolute atomic E-state index is 13.7. The highest BCUT2D eigenvalue weighted by atomic mass is 79.9. The second-order valence-corrected chi connectivity index (χ2v) is 11.9. The van der Waals surface area contributed by atoms with Gasteiger partial charge in [-0.15, -0.1) is 11.8 Å². The fraction of sp³-hybridized carbons (Fsp3) is 0.310. The predicted molar refractivity (Wildman–Crippen MR) is 159 cm³/mol. The van der Waals surface area contributed by atoms with Crippen LogP contribution in [0.3, 0.4) is 0 Å². The highest BCUT2D eigenvalue weighted by Gasteiger charge is 2.30. The maximum atomic E-state index is 13.7. The topological polar surface area (TPSA) is 49.4 Å². The van der Waals surface area contributed by atoms with Crippen molar-refractivity contribution >= 4 is 62.7 Å². The minimum absolute atomic E-state index is 0.103. The molecule has 8 heteroatoms. The van der Waals surface area contributed by atoms with Gasteiger partial charge in [0.15, 0.2) is 0 Å². The van der Waals surface area contributed by atoms with E-state index >= 15 is 0 Å². The van der Waals surface area contributed by atoms with Crippen LogP contribution in [0.2, 0.25) is 10.0 Å². The van der Waals surface area contributed by atoms with Crippen LogP contribution in [0, 0.1) is 5.92 Å².